The Balaban J connectivity index is 1.71. The number of nitrogens with one attached hydrogen (secondary N) is 1. The first-order chi connectivity index (χ1) is 11.4. The SMILES string of the molecule is CC1C=C(C(=O)NC(C)(C)c2nccs2)N=C(OCC2CC2)C1C. The van der Waals surface area contributed by atoms with Gasteiger partial charge in [0.2, 0.25) is 0 Å². The van der Waals surface area contributed by atoms with Crippen molar-refractivity contribution >= 4 is 23.1 Å². The van der Waals surface area contributed by atoms with Crippen molar-refractivity contribution in [2.75, 3.05) is 6.61 Å². The third-order valence-corrected chi connectivity index (χ3v) is 5.72. The number of ether oxygens (including phenoxy) is 1. The summed E-state index contributed by atoms with van der Waals surface area (Å²) in [5.41, 5.74) is -0.0841. The number of aliphatic imine (C=N–C) groups is 1. The number of thiazole rings is 1. The molecular formula is C18H25N3O2S. The van der Waals surface area contributed by atoms with Crippen molar-refractivity contribution in [2.45, 2.75) is 46.1 Å². The van der Waals surface area contributed by atoms with Crippen molar-refractivity contribution in [2.24, 2.45) is 22.7 Å². The Bertz CT molecular complexity index is 660. The Labute approximate surface area is 147 Å². The van der Waals surface area contributed by atoms with Gasteiger partial charge in [-0.05, 0) is 44.6 Å². The lowest BCUT2D eigenvalue weighted by Crippen LogP contribution is -2.42. The van der Waals surface area contributed by atoms with Gasteiger partial charge in [0, 0.05) is 17.5 Å². The Morgan fingerprint density at radius 3 is 2.79 bits per heavy atom. The van der Waals surface area contributed by atoms with Crippen LogP contribution in [0.3, 0.4) is 0 Å². The van der Waals surface area contributed by atoms with Crippen LogP contribution in [0.4, 0.5) is 0 Å². The summed E-state index contributed by atoms with van der Waals surface area (Å²) in [4.78, 5) is 21.5. The lowest BCUT2D eigenvalue weighted by atomic mass is 9.92. The molecule has 1 N–H and O–H groups in total. The van der Waals surface area contributed by atoms with E-state index >= 15 is 0 Å². The molecule has 2 unspecified atom stereocenters. The van der Waals surface area contributed by atoms with Gasteiger partial charge in [-0.1, -0.05) is 13.8 Å². The second-order valence-electron chi connectivity index (χ2n) is 7.32. The molecule has 0 aromatic carbocycles. The topological polar surface area (TPSA) is 63.6 Å². The molecule has 6 heteroatoms. The molecule has 2 heterocycles. The maximum Gasteiger partial charge on any atom is 0.270 e. The van der Waals surface area contributed by atoms with Crippen LogP contribution in [-0.2, 0) is 15.1 Å². The van der Waals surface area contributed by atoms with E-state index in [1.165, 1.54) is 24.2 Å². The zero-order valence-corrected chi connectivity index (χ0v) is 15.5. The van der Waals surface area contributed by atoms with Crippen LogP contribution < -0.4 is 5.32 Å². The standard InChI is InChI=1S/C18H25N3O2S/c1-11-9-14(20-16(12(11)2)23-10-13-5-6-13)15(22)21-18(3,4)17-19-7-8-24-17/h7-9,11-13H,5-6,10H2,1-4H3,(H,21,22). The normalized spacial score (nSPS) is 24.2. The van der Waals surface area contributed by atoms with Crippen molar-refractivity contribution < 1.29 is 9.53 Å². The van der Waals surface area contributed by atoms with Gasteiger partial charge in [0.15, 0.2) is 5.90 Å². The highest BCUT2D eigenvalue weighted by Crippen LogP contribution is 2.31. The summed E-state index contributed by atoms with van der Waals surface area (Å²) in [5, 5.41) is 5.83. The first-order valence-corrected chi connectivity index (χ1v) is 9.40. The van der Waals surface area contributed by atoms with E-state index in [1.54, 1.807) is 6.20 Å². The molecule has 1 amide bonds. The van der Waals surface area contributed by atoms with Gasteiger partial charge in [0.25, 0.3) is 5.91 Å². The number of hydrogen-bond donors (Lipinski definition) is 1. The minimum Gasteiger partial charge on any atom is -0.480 e. The smallest absolute Gasteiger partial charge is 0.270 e. The van der Waals surface area contributed by atoms with Crippen molar-refractivity contribution in [3.8, 4) is 0 Å². The van der Waals surface area contributed by atoms with Crippen molar-refractivity contribution in [3.63, 3.8) is 0 Å². The fourth-order valence-electron chi connectivity index (χ4n) is 2.59. The van der Waals surface area contributed by atoms with E-state index in [-0.39, 0.29) is 17.7 Å². The lowest BCUT2D eigenvalue weighted by Gasteiger charge is -2.27. The summed E-state index contributed by atoms with van der Waals surface area (Å²) < 4.78 is 5.89. The molecule has 0 bridgehead atoms. The molecule has 1 fully saturated rings. The zero-order valence-electron chi connectivity index (χ0n) is 14.7. The molecule has 5 nitrogen and oxygen atoms in total. The minimum absolute atomic E-state index is 0.179. The molecule has 2 aliphatic rings. The number of rotatable bonds is 5. The molecule has 24 heavy (non-hydrogen) atoms. The molecule has 1 aromatic rings. The van der Waals surface area contributed by atoms with Crippen LogP contribution in [0, 0.1) is 17.8 Å². The highest BCUT2D eigenvalue weighted by atomic mass is 32.1. The number of allylic oxidation sites excluding steroid dienone is 1. The van der Waals surface area contributed by atoms with E-state index < -0.39 is 5.54 Å². The van der Waals surface area contributed by atoms with Crippen LogP contribution in [0.2, 0.25) is 0 Å². The molecule has 0 spiro atoms. The maximum atomic E-state index is 12.7. The molecule has 0 radical (unpaired) electrons. The number of aromatic nitrogens is 1. The van der Waals surface area contributed by atoms with E-state index in [1.807, 2.05) is 25.3 Å². The Morgan fingerprint density at radius 2 is 2.17 bits per heavy atom. The summed E-state index contributed by atoms with van der Waals surface area (Å²) in [6.07, 6.45) is 6.16. The van der Waals surface area contributed by atoms with Crippen LogP contribution in [0.1, 0.15) is 45.5 Å². The van der Waals surface area contributed by atoms with E-state index in [0.717, 1.165) is 11.6 Å². The number of carbonyl (C=O) groups is 1. The zero-order chi connectivity index (χ0) is 17.3. The molecule has 0 saturated heterocycles. The summed E-state index contributed by atoms with van der Waals surface area (Å²) >= 11 is 1.53. The van der Waals surface area contributed by atoms with E-state index in [0.29, 0.717) is 17.5 Å². The van der Waals surface area contributed by atoms with Gasteiger partial charge in [-0.2, -0.15) is 0 Å². The summed E-state index contributed by atoms with van der Waals surface area (Å²) in [6.45, 7) is 8.82. The van der Waals surface area contributed by atoms with Gasteiger partial charge < -0.3 is 10.1 Å². The lowest BCUT2D eigenvalue weighted by molar-refractivity contribution is -0.119. The quantitative estimate of drug-likeness (QED) is 0.887. The first-order valence-electron chi connectivity index (χ1n) is 8.52. The highest BCUT2D eigenvalue weighted by Gasteiger charge is 2.31. The second-order valence-corrected chi connectivity index (χ2v) is 8.22. The third-order valence-electron chi connectivity index (χ3n) is 4.62. The predicted octanol–water partition coefficient (Wildman–Crippen LogP) is 3.49. The van der Waals surface area contributed by atoms with Gasteiger partial charge in [-0.15, -0.1) is 11.3 Å². The van der Waals surface area contributed by atoms with E-state index in [4.69, 9.17) is 4.74 Å². The molecule has 3 rings (SSSR count). The molecule has 1 saturated carbocycles. The average molecular weight is 347 g/mol. The van der Waals surface area contributed by atoms with Gasteiger partial charge in [0.1, 0.15) is 10.7 Å². The monoisotopic (exact) mass is 347 g/mol. The fraction of sp³-hybridized carbons (Fsp3) is 0.611. The molecule has 1 aliphatic heterocycles. The van der Waals surface area contributed by atoms with Crippen LogP contribution in [0.15, 0.2) is 28.3 Å². The van der Waals surface area contributed by atoms with Crippen LogP contribution in [0.5, 0.6) is 0 Å². The summed E-state index contributed by atoms with van der Waals surface area (Å²) in [6, 6.07) is 0. The molecular weight excluding hydrogens is 322 g/mol. The third kappa shape index (κ3) is 3.86. The molecule has 1 aromatic heterocycles. The largest absolute Gasteiger partial charge is 0.480 e. The van der Waals surface area contributed by atoms with Crippen molar-refractivity contribution in [1.29, 1.82) is 0 Å². The van der Waals surface area contributed by atoms with E-state index in [9.17, 15) is 4.79 Å². The average Bonchev–Trinajstić information content (AvgIpc) is 3.17. The Hall–Kier alpha value is -1.69. The van der Waals surface area contributed by atoms with Gasteiger partial charge in [-0.25, -0.2) is 9.98 Å². The highest BCUT2D eigenvalue weighted by molar-refractivity contribution is 7.09. The molecule has 130 valence electrons. The maximum absolute atomic E-state index is 12.7. The predicted molar refractivity (Wildman–Crippen MR) is 95.8 cm³/mol. The minimum atomic E-state index is -0.525. The van der Waals surface area contributed by atoms with Crippen molar-refractivity contribution in [1.82, 2.24) is 10.3 Å². The van der Waals surface area contributed by atoms with Gasteiger partial charge in [-0.3, -0.25) is 4.79 Å². The fourth-order valence-corrected chi connectivity index (χ4v) is 3.31. The Kier molecular flexibility index (Phi) is 4.76. The van der Waals surface area contributed by atoms with Crippen LogP contribution in [-0.4, -0.2) is 23.4 Å². The number of nitrogens with zero attached hydrogens (tertiary/aromatic N) is 2. The van der Waals surface area contributed by atoms with Gasteiger partial charge in [0.05, 0.1) is 12.1 Å². The summed E-state index contributed by atoms with van der Waals surface area (Å²) in [7, 11) is 0. The second kappa shape index (κ2) is 6.67. The Morgan fingerprint density at radius 1 is 1.42 bits per heavy atom. The van der Waals surface area contributed by atoms with Crippen molar-refractivity contribution in [3.05, 3.63) is 28.4 Å². The molecule has 2 atom stereocenters. The van der Waals surface area contributed by atoms with E-state index in [2.05, 4.69) is 29.1 Å². The van der Waals surface area contributed by atoms with Gasteiger partial charge >= 0.3 is 0 Å². The van der Waals surface area contributed by atoms with Crippen LogP contribution >= 0.6 is 11.3 Å². The molecule has 1 aliphatic carbocycles. The number of hydrogen-bond acceptors (Lipinski definition) is 5. The van der Waals surface area contributed by atoms with Crippen LogP contribution in [0.25, 0.3) is 0 Å². The first kappa shape index (κ1) is 17.1. The number of amides is 1. The number of carbonyl (C=O) groups excluding carboxylic acids is 1. The summed E-state index contributed by atoms with van der Waals surface area (Å²) in [5.74, 6) is 1.60.